The Morgan fingerprint density at radius 1 is 1.33 bits per heavy atom. The second-order valence-electron chi connectivity index (χ2n) is 3.63. The van der Waals surface area contributed by atoms with Crippen molar-refractivity contribution in [3.8, 4) is 0 Å². The molecule has 0 aromatic heterocycles. The van der Waals surface area contributed by atoms with Gasteiger partial charge in [-0.1, -0.05) is 31.5 Å². The molecule has 1 N–H and O–H groups in total. The number of allylic oxidation sites excluding steroid dienone is 1. The van der Waals surface area contributed by atoms with Crippen LogP contribution in [0, 0.1) is 10.7 Å². The Labute approximate surface area is 95.9 Å². The van der Waals surface area contributed by atoms with E-state index in [2.05, 4.69) is 0 Å². The fraction of sp³-hybridized carbons (Fsp3) is 0.273. The number of halogens is 1. The van der Waals surface area contributed by atoms with Crippen LogP contribution in [0.15, 0.2) is 40.6 Å². The van der Waals surface area contributed by atoms with Crippen molar-refractivity contribution in [2.24, 2.45) is 5.92 Å². The van der Waals surface area contributed by atoms with Crippen LogP contribution in [0.5, 0.6) is 0 Å². The Bertz CT molecular complexity index is 446. The van der Waals surface area contributed by atoms with Gasteiger partial charge in [-0.2, -0.15) is 0 Å². The van der Waals surface area contributed by atoms with Gasteiger partial charge in [-0.3, -0.25) is 0 Å². The molecule has 0 heterocycles. The van der Waals surface area contributed by atoms with Gasteiger partial charge in [0, 0.05) is 10.4 Å². The molecule has 1 aromatic carbocycles. The molecular formula is C11H14ClNOS. The molecule has 0 saturated carbocycles. The molecule has 0 radical (unpaired) electrons. The summed E-state index contributed by atoms with van der Waals surface area (Å²) in [5.74, 6) is 0.295. The molecule has 15 heavy (non-hydrogen) atoms. The summed E-state index contributed by atoms with van der Waals surface area (Å²) in [6, 6.07) is 6.55. The lowest BCUT2D eigenvalue weighted by molar-refractivity contribution is 0.680. The molecule has 2 nitrogen and oxygen atoms in total. The lowest BCUT2D eigenvalue weighted by Crippen LogP contribution is -1.94. The Kier molecular flexibility index (Phi) is 3.94. The second-order valence-corrected chi connectivity index (χ2v) is 6.01. The van der Waals surface area contributed by atoms with Gasteiger partial charge in [0.2, 0.25) is 0 Å². The van der Waals surface area contributed by atoms with Gasteiger partial charge in [-0.05, 0) is 30.2 Å². The Morgan fingerprint density at radius 3 is 2.33 bits per heavy atom. The van der Waals surface area contributed by atoms with E-state index in [1.807, 2.05) is 13.8 Å². The number of hydrogen-bond donors (Lipinski definition) is 1. The summed E-state index contributed by atoms with van der Waals surface area (Å²) < 4.78 is 19.7. The van der Waals surface area contributed by atoms with Crippen molar-refractivity contribution in [3.05, 3.63) is 40.8 Å². The summed E-state index contributed by atoms with van der Waals surface area (Å²) in [6.45, 7) is 3.96. The third kappa shape index (κ3) is 3.68. The first kappa shape index (κ1) is 12.3. The van der Waals surface area contributed by atoms with Gasteiger partial charge in [0.15, 0.2) is 0 Å². The minimum atomic E-state index is -2.81. The summed E-state index contributed by atoms with van der Waals surface area (Å²) in [5, 5.41) is 2.04. The fourth-order valence-corrected chi connectivity index (χ4v) is 2.34. The predicted octanol–water partition coefficient (Wildman–Crippen LogP) is 3.92. The van der Waals surface area contributed by atoms with Crippen molar-refractivity contribution in [1.29, 1.82) is 4.78 Å². The third-order valence-electron chi connectivity index (χ3n) is 1.82. The SMILES string of the molecule is CC(C)/C=C/S(=N)(=O)c1ccc(Cl)cc1. The van der Waals surface area contributed by atoms with Gasteiger partial charge < -0.3 is 0 Å². The van der Waals surface area contributed by atoms with E-state index in [0.717, 1.165) is 0 Å². The zero-order valence-corrected chi connectivity index (χ0v) is 10.3. The minimum Gasteiger partial charge on any atom is -0.245 e. The van der Waals surface area contributed by atoms with Crippen LogP contribution < -0.4 is 0 Å². The largest absolute Gasteiger partial charge is 0.245 e. The monoisotopic (exact) mass is 243 g/mol. The second kappa shape index (κ2) is 4.81. The van der Waals surface area contributed by atoms with E-state index in [1.165, 1.54) is 5.41 Å². The summed E-state index contributed by atoms with van der Waals surface area (Å²) in [5.41, 5.74) is 0. The molecule has 1 atom stereocenters. The van der Waals surface area contributed by atoms with Crippen LogP contribution in [0.4, 0.5) is 0 Å². The summed E-state index contributed by atoms with van der Waals surface area (Å²) in [6.07, 6.45) is 1.78. The van der Waals surface area contributed by atoms with Crippen molar-refractivity contribution in [2.75, 3.05) is 0 Å². The molecule has 0 saturated heterocycles. The van der Waals surface area contributed by atoms with Crippen LogP contribution in [0.3, 0.4) is 0 Å². The first-order chi connectivity index (χ1) is 6.92. The van der Waals surface area contributed by atoms with Gasteiger partial charge in [-0.25, -0.2) is 8.99 Å². The molecule has 0 aliphatic rings. The highest BCUT2D eigenvalue weighted by Gasteiger charge is 2.05. The van der Waals surface area contributed by atoms with E-state index in [-0.39, 0.29) is 0 Å². The number of hydrogen-bond acceptors (Lipinski definition) is 2. The molecule has 1 rings (SSSR count). The molecule has 4 heteroatoms. The zero-order chi connectivity index (χ0) is 11.5. The van der Waals surface area contributed by atoms with Crippen LogP contribution in [-0.2, 0) is 9.73 Å². The topological polar surface area (TPSA) is 40.9 Å². The summed E-state index contributed by atoms with van der Waals surface area (Å²) >= 11 is 5.72. The Hall–Kier alpha value is -0.800. The molecule has 82 valence electrons. The summed E-state index contributed by atoms with van der Waals surface area (Å²) in [4.78, 5) is 0.490. The maximum Gasteiger partial charge on any atom is 0.0940 e. The molecule has 0 fully saturated rings. The Balaban J connectivity index is 3.02. The number of nitrogens with one attached hydrogen (secondary N) is 1. The number of rotatable bonds is 3. The van der Waals surface area contributed by atoms with E-state index in [0.29, 0.717) is 15.8 Å². The highest BCUT2D eigenvalue weighted by Crippen LogP contribution is 2.17. The molecule has 0 aliphatic carbocycles. The van der Waals surface area contributed by atoms with Crippen LogP contribution in [-0.4, -0.2) is 4.21 Å². The summed E-state index contributed by atoms with van der Waals surface area (Å²) in [7, 11) is -2.81. The lowest BCUT2D eigenvalue weighted by Gasteiger charge is -2.02. The first-order valence-corrected chi connectivity index (χ1v) is 6.64. The smallest absolute Gasteiger partial charge is 0.0940 e. The van der Waals surface area contributed by atoms with Gasteiger partial charge in [0.1, 0.15) is 0 Å². The molecule has 0 amide bonds. The standard InChI is InChI=1S/C11H14ClNOS/c1-9(2)7-8-15(13,14)11-5-3-10(12)4-6-11/h3-9,13H,1-2H3/b8-7+. The Morgan fingerprint density at radius 2 is 1.87 bits per heavy atom. The van der Waals surface area contributed by atoms with Crippen LogP contribution in [0.2, 0.25) is 5.02 Å². The van der Waals surface area contributed by atoms with Gasteiger partial charge in [0.25, 0.3) is 0 Å². The van der Waals surface area contributed by atoms with E-state index in [9.17, 15) is 4.21 Å². The molecule has 0 bridgehead atoms. The predicted molar refractivity (Wildman–Crippen MR) is 64.6 cm³/mol. The highest BCUT2D eigenvalue weighted by molar-refractivity contribution is 7.95. The molecule has 0 spiro atoms. The van der Waals surface area contributed by atoms with Crippen molar-refractivity contribution >= 4 is 21.3 Å². The lowest BCUT2D eigenvalue weighted by atomic mass is 10.2. The molecular weight excluding hydrogens is 230 g/mol. The van der Waals surface area contributed by atoms with Crippen molar-refractivity contribution in [2.45, 2.75) is 18.7 Å². The van der Waals surface area contributed by atoms with Gasteiger partial charge in [-0.15, -0.1) is 0 Å². The minimum absolute atomic E-state index is 0.295. The molecule has 1 unspecified atom stereocenters. The fourth-order valence-electron chi connectivity index (χ4n) is 0.983. The van der Waals surface area contributed by atoms with Gasteiger partial charge >= 0.3 is 0 Å². The average molecular weight is 244 g/mol. The van der Waals surface area contributed by atoms with Crippen LogP contribution in [0.1, 0.15) is 13.8 Å². The maximum atomic E-state index is 11.9. The number of benzene rings is 1. The van der Waals surface area contributed by atoms with E-state index in [1.54, 1.807) is 30.3 Å². The third-order valence-corrected chi connectivity index (χ3v) is 3.58. The van der Waals surface area contributed by atoms with Crippen LogP contribution in [0.25, 0.3) is 0 Å². The van der Waals surface area contributed by atoms with Crippen LogP contribution >= 0.6 is 11.6 Å². The highest BCUT2D eigenvalue weighted by atomic mass is 35.5. The normalized spacial score (nSPS) is 15.7. The van der Waals surface area contributed by atoms with E-state index in [4.69, 9.17) is 16.4 Å². The van der Waals surface area contributed by atoms with Gasteiger partial charge in [0.05, 0.1) is 14.6 Å². The first-order valence-electron chi connectivity index (χ1n) is 4.64. The zero-order valence-electron chi connectivity index (χ0n) is 8.74. The molecule has 1 aromatic rings. The molecule has 0 aliphatic heterocycles. The average Bonchev–Trinajstić information content (AvgIpc) is 2.16. The van der Waals surface area contributed by atoms with Crippen molar-refractivity contribution in [3.63, 3.8) is 0 Å². The van der Waals surface area contributed by atoms with E-state index < -0.39 is 9.73 Å². The van der Waals surface area contributed by atoms with Crippen molar-refractivity contribution < 1.29 is 4.21 Å². The van der Waals surface area contributed by atoms with E-state index >= 15 is 0 Å². The van der Waals surface area contributed by atoms with Crippen molar-refractivity contribution in [1.82, 2.24) is 0 Å². The maximum absolute atomic E-state index is 11.9. The quantitative estimate of drug-likeness (QED) is 0.859.